The van der Waals surface area contributed by atoms with Crippen molar-refractivity contribution in [3.8, 4) is 0 Å². The van der Waals surface area contributed by atoms with Crippen LogP contribution in [0.25, 0.3) is 0 Å². The van der Waals surface area contributed by atoms with E-state index in [1.165, 1.54) is 5.56 Å². The van der Waals surface area contributed by atoms with Crippen LogP contribution in [0.2, 0.25) is 0 Å². The van der Waals surface area contributed by atoms with Gasteiger partial charge in [0.05, 0.1) is 0 Å². The van der Waals surface area contributed by atoms with Crippen molar-refractivity contribution in [1.82, 2.24) is 5.32 Å². The smallest absolute Gasteiger partial charge is 0.0292 e. The molecule has 0 aliphatic carbocycles. The summed E-state index contributed by atoms with van der Waals surface area (Å²) in [7, 11) is 0. The summed E-state index contributed by atoms with van der Waals surface area (Å²) in [6, 6.07) is 11.0. The molecule has 1 rings (SSSR count). The number of benzene rings is 1. The third-order valence-corrected chi connectivity index (χ3v) is 2.82. The molecule has 0 amide bonds. The Kier molecular flexibility index (Phi) is 4.79. The Morgan fingerprint density at radius 3 is 2.27 bits per heavy atom. The standard InChI is InChI=1S/C13H22N2/c1-10(2)13(14)9-15-11(3)12-7-5-4-6-8-12/h4-8,10-11,13,15H,9,14H2,1-3H3. The predicted octanol–water partition coefficient (Wildman–Crippen LogP) is 2.32. The van der Waals surface area contributed by atoms with Crippen molar-refractivity contribution >= 4 is 0 Å². The van der Waals surface area contributed by atoms with Crippen LogP contribution in [0.4, 0.5) is 0 Å². The molecule has 0 aliphatic heterocycles. The van der Waals surface area contributed by atoms with Gasteiger partial charge in [-0.05, 0) is 18.4 Å². The minimum atomic E-state index is 0.233. The van der Waals surface area contributed by atoms with Crippen LogP contribution in [0, 0.1) is 5.92 Å². The summed E-state index contributed by atoms with van der Waals surface area (Å²) in [6.07, 6.45) is 0. The van der Waals surface area contributed by atoms with Gasteiger partial charge in [0.1, 0.15) is 0 Å². The molecule has 0 spiro atoms. The Hall–Kier alpha value is -0.860. The lowest BCUT2D eigenvalue weighted by atomic mass is 10.0. The number of nitrogens with one attached hydrogen (secondary N) is 1. The summed E-state index contributed by atoms with van der Waals surface area (Å²) in [6.45, 7) is 7.34. The second-order valence-corrected chi connectivity index (χ2v) is 4.45. The van der Waals surface area contributed by atoms with Crippen molar-refractivity contribution in [2.45, 2.75) is 32.9 Å². The minimum absolute atomic E-state index is 0.233. The van der Waals surface area contributed by atoms with E-state index in [1.54, 1.807) is 0 Å². The molecule has 0 aromatic heterocycles. The van der Waals surface area contributed by atoms with Crippen LogP contribution in [0.5, 0.6) is 0 Å². The molecule has 2 nitrogen and oxygen atoms in total. The molecule has 3 N–H and O–H groups in total. The summed E-state index contributed by atoms with van der Waals surface area (Å²) in [5.41, 5.74) is 7.29. The van der Waals surface area contributed by atoms with Crippen LogP contribution >= 0.6 is 0 Å². The fourth-order valence-corrected chi connectivity index (χ4v) is 1.41. The molecule has 0 bridgehead atoms. The van der Waals surface area contributed by atoms with Crippen LogP contribution < -0.4 is 11.1 Å². The maximum absolute atomic E-state index is 5.98. The Balaban J connectivity index is 2.40. The third-order valence-electron chi connectivity index (χ3n) is 2.82. The average Bonchev–Trinajstić information content (AvgIpc) is 2.26. The van der Waals surface area contributed by atoms with Crippen LogP contribution in [-0.2, 0) is 0 Å². The number of nitrogens with two attached hydrogens (primary N) is 1. The van der Waals surface area contributed by atoms with Gasteiger partial charge in [-0.1, -0.05) is 44.2 Å². The highest BCUT2D eigenvalue weighted by Crippen LogP contribution is 2.11. The minimum Gasteiger partial charge on any atom is -0.326 e. The van der Waals surface area contributed by atoms with Gasteiger partial charge in [-0.15, -0.1) is 0 Å². The fraction of sp³-hybridized carbons (Fsp3) is 0.538. The van der Waals surface area contributed by atoms with Gasteiger partial charge in [0.15, 0.2) is 0 Å². The molecule has 1 aromatic rings. The van der Waals surface area contributed by atoms with Gasteiger partial charge in [0, 0.05) is 18.6 Å². The molecule has 0 heterocycles. The van der Waals surface area contributed by atoms with Crippen LogP contribution in [0.15, 0.2) is 30.3 Å². The molecule has 1 aromatic carbocycles. The Bertz CT molecular complexity index is 269. The Morgan fingerprint density at radius 2 is 1.73 bits per heavy atom. The van der Waals surface area contributed by atoms with Gasteiger partial charge in [0.2, 0.25) is 0 Å². The van der Waals surface area contributed by atoms with Crippen LogP contribution in [0.3, 0.4) is 0 Å². The van der Waals surface area contributed by atoms with Gasteiger partial charge in [-0.25, -0.2) is 0 Å². The van der Waals surface area contributed by atoms with E-state index in [2.05, 4.69) is 50.4 Å². The largest absolute Gasteiger partial charge is 0.326 e. The summed E-state index contributed by atoms with van der Waals surface area (Å²) in [5, 5.41) is 3.46. The maximum atomic E-state index is 5.98. The molecule has 2 heteroatoms. The molecule has 0 saturated heterocycles. The van der Waals surface area contributed by atoms with Crippen molar-refractivity contribution in [2.24, 2.45) is 11.7 Å². The molecule has 0 fully saturated rings. The molecule has 2 unspecified atom stereocenters. The molecule has 84 valence electrons. The summed E-state index contributed by atoms with van der Waals surface area (Å²) in [4.78, 5) is 0. The summed E-state index contributed by atoms with van der Waals surface area (Å²) < 4.78 is 0. The number of hydrogen-bond acceptors (Lipinski definition) is 2. The maximum Gasteiger partial charge on any atom is 0.0292 e. The first-order chi connectivity index (χ1) is 7.11. The lowest BCUT2D eigenvalue weighted by Crippen LogP contribution is -2.38. The molecule has 2 atom stereocenters. The number of rotatable bonds is 5. The highest BCUT2D eigenvalue weighted by atomic mass is 14.9. The zero-order chi connectivity index (χ0) is 11.3. The normalized spacial score (nSPS) is 15.3. The summed E-state index contributed by atoms with van der Waals surface area (Å²) >= 11 is 0. The fourth-order valence-electron chi connectivity index (χ4n) is 1.41. The van der Waals surface area contributed by atoms with E-state index in [1.807, 2.05) is 6.07 Å². The second kappa shape index (κ2) is 5.89. The number of hydrogen-bond donors (Lipinski definition) is 2. The molecule has 0 saturated carbocycles. The van der Waals surface area contributed by atoms with Gasteiger partial charge in [-0.2, -0.15) is 0 Å². The van der Waals surface area contributed by atoms with E-state index in [0.29, 0.717) is 12.0 Å². The first-order valence-electron chi connectivity index (χ1n) is 5.65. The van der Waals surface area contributed by atoms with Crippen molar-refractivity contribution in [3.63, 3.8) is 0 Å². The molecule has 0 aliphatic rings. The summed E-state index contributed by atoms with van der Waals surface area (Å²) in [5.74, 6) is 0.528. The monoisotopic (exact) mass is 206 g/mol. The highest BCUT2D eigenvalue weighted by molar-refractivity contribution is 5.17. The Labute approximate surface area is 92.9 Å². The molecular weight excluding hydrogens is 184 g/mol. The van der Waals surface area contributed by atoms with Crippen molar-refractivity contribution in [3.05, 3.63) is 35.9 Å². The molecule has 0 radical (unpaired) electrons. The van der Waals surface area contributed by atoms with Crippen LogP contribution in [0.1, 0.15) is 32.4 Å². The van der Waals surface area contributed by atoms with Crippen molar-refractivity contribution in [2.75, 3.05) is 6.54 Å². The van der Waals surface area contributed by atoms with Crippen molar-refractivity contribution in [1.29, 1.82) is 0 Å². The second-order valence-electron chi connectivity index (χ2n) is 4.45. The lowest BCUT2D eigenvalue weighted by Gasteiger charge is -2.20. The van der Waals surface area contributed by atoms with E-state index >= 15 is 0 Å². The van der Waals surface area contributed by atoms with E-state index in [0.717, 1.165) is 6.54 Å². The predicted molar refractivity (Wildman–Crippen MR) is 65.7 cm³/mol. The molecule has 15 heavy (non-hydrogen) atoms. The zero-order valence-corrected chi connectivity index (χ0v) is 9.90. The molecular formula is C13H22N2. The van der Waals surface area contributed by atoms with Gasteiger partial charge >= 0.3 is 0 Å². The van der Waals surface area contributed by atoms with E-state index < -0.39 is 0 Å². The van der Waals surface area contributed by atoms with Gasteiger partial charge < -0.3 is 11.1 Å². The SMILES string of the molecule is CC(NCC(N)C(C)C)c1ccccc1. The van der Waals surface area contributed by atoms with Gasteiger partial charge in [0.25, 0.3) is 0 Å². The zero-order valence-electron chi connectivity index (χ0n) is 9.90. The first kappa shape index (κ1) is 12.2. The van der Waals surface area contributed by atoms with Crippen molar-refractivity contribution < 1.29 is 0 Å². The quantitative estimate of drug-likeness (QED) is 0.776. The van der Waals surface area contributed by atoms with Gasteiger partial charge in [-0.3, -0.25) is 0 Å². The first-order valence-corrected chi connectivity index (χ1v) is 5.65. The Morgan fingerprint density at radius 1 is 1.13 bits per heavy atom. The third kappa shape index (κ3) is 4.02. The highest BCUT2D eigenvalue weighted by Gasteiger charge is 2.09. The van der Waals surface area contributed by atoms with E-state index in [9.17, 15) is 0 Å². The lowest BCUT2D eigenvalue weighted by molar-refractivity contribution is 0.434. The van der Waals surface area contributed by atoms with E-state index in [-0.39, 0.29) is 6.04 Å². The van der Waals surface area contributed by atoms with Crippen LogP contribution in [-0.4, -0.2) is 12.6 Å². The topological polar surface area (TPSA) is 38.0 Å². The average molecular weight is 206 g/mol. The van der Waals surface area contributed by atoms with E-state index in [4.69, 9.17) is 5.73 Å².